The van der Waals surface area contributed by atoms with E-state index in [2.05, 4.69) is 62.3 Å². The number of nitrogens with zero attached hydrogens (tertiary/aromatic N) is 3. The van der Waals surface area contributed by atoms with Gasteiger partial charge in [-0.05, 0) is 43.9 Å². The van der Waals surface area contributed by atoms with Crippen molar-refractivity contribution in [3.8, 4) is 0 Å². The molecule has 0 saturated heterocycles. The monoisotopic (exact) mass is 356 g/mol. The smallest absolute Gasteiger partial charge is 0.147 e. The molecule has 3 aromatic rings. The molecule has 0 radical (unpaired) electrons. The number of rotatable bonds is 2. The molecule has 2 heterocycles. The minimum Gasteiger partial charge on any atom is -0.324 e. The van der Waals surface area contributed by atoms with Crippen molar-refractivity contribution in [1.82, 2.24) is 14.4 Å². The first-order valence-corrected chi connectivity index (χ1v) is 9.79. The van der Waals surface area contributed by atoms with Crippen molar-refractivity contribution in [3.05, 3.63) is 41.0 Å². The maximum absolute atomic E-state index is 6.12. The molecule has 0 aliphatic rings. The Hall–Kier alpha value is -1.94. The summed E-state index contributed by atoms with van der Waals surface area (Å²) in [6.45, 7) is 18.7. The Kier molecular flexibility index (Phi) is 8.22. The van der Waals surface area contributed by atoms with E-state index >= 15 is 0 Å². The molecule has 2 aromatic heterocycles. The van der Waals surface area contributed by atoms with Crippen LogP contribution in [0.2, 0.25) is 0 Å². The summed E-state index contributed by atoms with van der Waals surface area (Å²) < 4.78 is 2.10. The average molecular weight is 357 g/mol. The molecule has 0 spiro atoms. The van der Waals surface area contributed by atoms with Crippen molar-refractivity contribution in [2.24, 2.45) is 11.7 Å². The lowest BCUT2D eigenvalue weighted by Crippen LogP contribution is -2.09. The molecule has 0 amide bonds. The van der Waals surface area contributed by atoms with Crippen molar-refractivity contribution in [3.63, 3.8) is 0 Å². The van der Waals surface area contributed by atoms with Gasteiger partial charge in [-0.25, -0.2) is 9.97 Å². The Morgan fingerprint density at radius 3 is 2.12 bits per heavy atom. The van der Waals surface area contributed by atoms with E-state index in [1.54, 1.807) is 0 Å². The standard InChI is InChI=1S/C16H20N4.C4H10.C2H6/c1-5-14-19-15-12(11(4)17)6-9(2)7-13(15)16-18-10(3)8-20(14)16;1-4(2)3;1-2/h6-8,11H,5,17H2,1-4H3;4H,1-3H3;1-2H3. The molecular weight excluding hydrogens is 320 g/mol. The van der Waals surface area contributed by atoms with Gasteiger partial charge in [-0.2, -0.15) is 0 Å². The fourth-order valence-electron chi connectivity index (χ4n) is 2.77. The van der Waals surface area contributed by atoms with Crippen LogP contribution in [0.5, 0.6) is 0 Å². The van der Waals surface area contributed by atoms with Gasteiger partial charge < -0.3 is 5.73 Å². The summed E-state index contributed by atoms with van der Waals surface area (Å²) in [6.07, 6.45) is 2.92. The average Bonchev–Trinajstić information content (AvgIpc) is 2.96. The molecule has 4 heteroatoms. The van der Waals surface area contributed by atoms with E-state index < -0.39 is 0 Å². The van der Waals surface area contributed by atoms with Gasteiger partial charge in [0, 0.05) is 24.0 Å². The summed E-state index contributed by atoms with van der Waals surface area (Å²) in [7, 11) is 0. The summed E-state index contributed by atoms with van der Waals surface area (Å²) >= 11 is 0. The normalized spacial score (nSPS) is 11.8. The van der Waals surface area contributed by atoms with E-state index in [1.807, 2.05) is 27.7 Å². The van der Waals surface area contributed by atoms with E-state index in [0.29, 0.717) is 0 Å². The fraction of sp³-hybridized carbons (Fsp3) is 0.545. The van der Waals surface area contributed by atoms with Crippen LogP contribution in [0.3, 0.4) is 0 Å². The second kappa shape index (κ2) is 9.67. The second-order valence-electron chi connectivity index (χ2n) is 7.23. The lowest BCUT2D eigenvalue weighted by molar-refractivity contribution is 0.737. The van der Waals surface area contributed by atoms with Crippen molar-refractivity contribution >= 4 is 16.6 Å². The number of imidazole rings is 1. The highest BCUT2D eigenvalue weighted by Crippen LogP contribution is 2.27. The molecule has 144 valence electrons. The number of fused-ring (bicyclic) bond motifs is 3. The summed E-state index contributed by atoms with van der Waals surface area (Å²) in [5.41, 5.74) is 11.4. The molecule has 4 nitrogen and oxygen atoms in total. The van der Waals surface area contributed by atoms with Gasteiger partial charge in [-0.1, -0.05) is 47.6 Å². The largest absolute Gasteiger partial charge is 0.324 e. The summed E-state index contributed by atoms with van der Waals surface area (Å²) in [5, 5.41) is 1.09. The van der Waals surface area contributed by atoms with E-state index in [9.17, 15) is 0 Å². The molecule has 1 atom stereocenters. The highest BCUT2D eigenvalue weighted by molar-refractivity contribution is 5.94. The molecule has 0 aliphatic carbocycles. The Morgan fingerprint density at radius 1 is 1.04 bits per heavy atom. The van der Waals surface area contributed by atoms with Crippen LogP contribution in [0.25, 0.3) is 16.6 Å². The molecule has 26 heavy (non-hydrogen) atoms. The predicted molar refractivity (Wildman–Crippen MR) is 114 cm³/mol. The number of hydrogen-bond acceptors (Lipinski definition) is 3. The number of aromatic nitrogens is 3. The van der Waals surface area contributed by atoms with Gasteiger partial charge in [0.25, 0.3) is 0 Å². The van der Waals surface area contributed by atoms with Crippen LogP contribution in [-0.4, -0.2) is 14.4 Å². The van der Waals surface area contributed by atoms with E-state index in [-0.39, 0.29) is 6.04 Å². The van der Waals surface area contributed by atoms with Gasteiger partial charge in [0.2, 0.25) is 0 Å². The van der Waals surface area contributed by atoms with E-state index in [1.165, 1.54) is 5.56 Å². The molecule has 1 unspecified atom stereocenters. The Balaban J connectivity index is 0.000000500. The zero-order chi connectivity index (χ0) is 20.0. The topological polar surface area (TPSA) is 56.2 Å². The highest BCUT2D eigenvalue weighted by atomic mass is 15.1. The Morgan fingerprint density at radius 2 is 1.62 bits per heavy atom. The van der Waals surface area contributed by atoms with Crippen LogP contribution in [-0.2, 0) is 6.42 Å². The van der Waals surface area contributed by atoms with Gasteiger partial charge >= 0.3 is 0 Å². The Labute approximate surface area is 158 Å². The van der Waals surface area contributed by atoms with Crippen LogP contribution in [0.15, 0.2) is 18.3 Å². The van der Waals surface area contributed by atoms with Crippen LogP contribution in [0.4, 0.5) is 0 Å². The summed E-state index contributed by atoms with van der Waals surface area (Å²) in [6, 6.07) is 4.24. The van der Waals surface area contributed by atoms with Crippen molar-refractivity contribution in [1.29, 1.82) is 0 Å². The molecule has 3 rings (SSSR count). The van der Waals surface area contributed by atoms with Crippen LogP contribution in [0.1, 0.15) is 77.2 Å². The number of hydrogen-bond donors (Lipinski definition) is 1. The number of aryl methyl sites for hydroxylation is 3. The first-order valence-electron chi connectivity index (χ1n) is 9.79. The first kappa shape index (κ1) is 22.1. The van der Waals surface area contributed by atoms with Crippen LogP contribution >= 0.6 is 0 Å². The van der Waals surface area contributed by atoms with Crippen molar-refractivity contribution < 1.29 is 0 Å². The number of nitrogens with two attached hydrogens (primary N) is 1. The molecular formula is C22H36N4. The summed E-state index contributed by atoms with van der Waals surface area (Å²) in [5.74, 6) is 1.86. The minimum atomic E-state index is -0.0342. The molecule has 0 bridgehead atoms. The van der Waals surface area contributed by atoms with Gasteiger partial charge in [0.05, 0.1) is 11.2 Å². The molecule has 2 N–H and O–H groups in total. The SMILES string of the molecule is CC.CC(C)C.CCc1nc2c(C(C)N)cc(C)cc2c2nc(C)cn12. The summed E-state index contributed by atoms with van der Waals surface area (Å²) in [4.78, 5) is 9.51. The lowest BCUT2D eigenvalue weighted by Gasteiger charge is -2.13. The van der Waals surface area contributed by atoms with Crippen LogP contribution in [0, 0.1) is 19.8 Å². The third-order valence-electron chi connectivity index (χ3n) is 3.68. The van der Waals surface area contributed by atoms with E-state index in [4.69, 9.17) is 10.7 Å². The van der Waals surface area contributed by atoms with Gasteiger partial charge in [0.15, 0.2) is 0 Å². The van der Waals surface area contributed by atoms with Gasteiger partial charge in [-0.15, -0.1) is 0 Å². The predicted octanol–water partition coefficient (Wildman–Crippen LogP) is 5.77. The minimum absolute atomic E-state index is 0.0342. The van der Waals surface area contributed by atoms with Crippen LogP contribution < -0.4 is 5.73 Å². The Bertz CT molecular complexity index is 842. The molecule has 1 aromatic carbocycles. The van der Waals surface area contributed by atoms with Crippen molar-refractivity contribution in [2.45, 2.75) is 74.8 Å². The third-order valence-corrected chi connectivity index (χ3v) is 3.68. The first-order chi connectivity index (χ1) is 12.2. The quantitative estimate of drug-likeness (QED) is 0.634. The molecule has 0 aliphatic heterocycles. The van der Waals surface area contributed by atoms with Gasteiger partial charge in [0.1, 0.15) is 11.5 Å². The second-order valence-corrected chi connectivity index (χ2v) is 7.23. The van der Waals surface area contributed by atoms with Crippen molar-refractivity contribution in [2.75, 3.05) is 0 Å². The molecule has 0 fully saturated rings. The lowest BCUT2D eigenvalue weighted by atomic mass is 10.0. The highest BCUT2D eigenvalue weighted by Gasteiger charge is 2.14. The van der Waals surface area contributed by atoms with Gasteiger partial charge in [-0.3, -0.25) is 4.40 Å². The zero-order valence-corrected chi connectivity index (χ0v) is 18.0. The maximum Gasteiger partial charge on any atom is 0.147 e. The number of benzene rings is 1. The maximum atomic E-state index is 6.12. The zero-order valence-electron chi connectivity index (χ0n) is 18.0. The third kappa shape index (κ3) is 5.04. The fourth-order valence-corrected chi connectivity index (χ4v) is 2.77. The van der Waals surface area contributed by atoms with E-state index in [0.717, 1.165) is 46.0 Å². The molecule has 0 saturated carbocycles.